The molecule has 10 heteroatoms. The number of quaternary nitrogens is 1. The molecule has 1 aliphatic carbocycles. The van der Waals surface area contributed by atoms with Crippen LogP contribution in [0.15, 0.2) is 37.0 Å². The first-order chi connectivity index (χ1) is 16.3. The number of anilines is 1. The zero-order valence-electron chi connectivity index (χ0n) is 20.2. The Bertz CT molecular complexity index is 1450. The SMILES string of the molecule is C=C(C)c1c([N+](C)(C)c2ccc(Cl)cc2Cl)c(NS(=O)(=O)C2(CCO)CC2)cc2c(C)cnnc12. The lowest BCUT2D eigenvalue weighted by atomic mass is 9.97. The van der Waals surface area contributed by atoms with Crippen LogP contribution in [0, 0.1) is 6.92 Å². The van der Waals surface area contributed by atoms with Gasteiger partial charge in [-0.1, -0.05) is 29.8 Å². The largest absolute Gasteiger partial charge is 0.396 e. The summed E-state index contributed by atoms with van der Waals surface area (Å²) in [6.07, 6.45) is 2.84. The number of halogens is 2. The molecule has 0 radical (unpaired) electrons. The van der Waals surface area contributed by atoms with Crippen molar-refractivity contribution in [1.82, 2.24) is 14.7 Å². The van der Waals surface area contributed by atoms with Gasteiger partial charge in [0, 0.05) is 23.1 Å². The van der Waals surface area contributed by atoms with Crippen molar-refractivity contribution < 1.29 is 13.5 Å². The minimum absolute atomic E-state index is 0.0919. The van der Waals surface area contributed by atoms with Crippen molar-refractivity contribution in [2.45, 2.75) is 37.9 Å². The van der Waals surface area contributed by atoms with Gasteiger partial charge in [0.1, 0.15) is 16.2 Å². The first-order valence-corrected chi connectivity index (χ1v) is 13.5. The van der Waals surface area contributed by atoms with Crippen LogP contribution in [-0.2, 0) is 10.0 Å². The predicted molar refractivity (Wildman–Crippen MR) is 145 cm³/mol. The lowest BCUT2D eigenvalue weighted by molar-refractivity contribution is 0.283. The van der Waals surface area contributed by atoms with Crippen molar-refractivity contribution in [1.29, 1.82) is 0 Å². The summed E-state index contributed by atoms with van der Waals surface area (Å²) in [5, 5.41) is 19.8. The van der Waals surface area contributed by atoms with Crippen LogP contribution in [0.5, 0.6) is 0 Å². The van der Waals surface area contributed by atoms with Gasteiger partial charge >= 0.3 is 0 Å². The van der Waals surface area contributed by atoms with Crippen LogP contribution < -0.4 is 9.21 Å². The van der Waals surface area contributed by atoms with Gasteiger partial charge in [-0.15, -0.1) is 5.10 Å². The van der Waals surface area contributed by atoms with E-state index in [-0.39, 0.29) is 17.5 Å². The fourth-order valence-corrected chi connectivity index (χ4v) is 6.96. The molecule has 4 rings (SSSR count). The number of rotatable bonds is 8. The third kappa shape index (κ3) is 4.42. The second-order valence-electron chi connectivity index (χ2n) is 9.66. The van der Waals surface area contributed by atoms with E-state index in [1.165, 1.54) is 0 Å². The van der Waals surface area contributed by atoms with Gasteiger partial charge in [-0.3, -0.25) is 9.21 Å². The fraction of sp³-hybridized carbons (Fsp3) is 0.360. The molecule has 35 heavy (non-hydrogen) atoms. The summed E-state index contributed by atoms with van der Waals surface area (Å²) in [4.78, 5) is 0. The molecule has 7 nitrogen and oxygen atoms in total. The lowest BCUT2D eigenvalue weighted by Gasteiger charge is -2.34. The molecule has 1 heterocycles. The van der Waals surface area contributed by atoms with Gasteiger partial charge in [-0.05, 0) is 62.4 Å². The van der Waals surface area contributed by atoms with Gasteiger partial charge in [0.15, 0.2) is 11.4 Å². The Hall–Kier alpha value is -2.23. The predicted octanol–water partition coefficient (Wildman–Crippen LogP) is 5.83. The highest BCUT2D eigenvalue weighted by atomic mass is 35.5. The molecule has 3 aromatic rings. The molecule has 1 aromatic heterocycles. The van der Waals surface area contributed by atoms with Crippen molar-refractivity contribution in [3.8, 4) is 0 Å². The summed E-state index contributed by atoms with van der Waals surface area (Å²) < 4.78 is 29.2. The maximum Gasteiger partial charge on any atom is 0.238 e. The highest BCUT2D eigenvalue weighted by Gasteiger charge is 2.54. The normalized spacial score (nSPS) is 15.3. The Morgan fingerprint density at radius 3 is 2.51 bits per heavy atom. The topological polar surface area (TPSA) is 92.2 Å². The zero-order valence-corrected chi connectivity index (χ0v) is 22.5. The Kier molecular flexibility index (Phi) is 6.66. The number of aliphatic hydroxyl groups is 1. The number of hydrogen-bond acceptors (Lipinski definition) is 5. The Labute approximate surface area is 216 Å². The molecule has 1 saturated carbocycles. The maximum absolute atomic E-state index is 13.6. The van der Waals surface area contributed by atoms with Crippen LogP contribution in [0.1, 0.15) is 37.3 Å². The molecule has 2 N–H and O–H groups in total. The van der Waals surface area contributed by atoms with Crippen LogP contribution in [0.3, 0.4) is 0 Å². The van der Waals surface area contributed by atoms with E-state index in [4.69, 9.17) is 23.2 Å². The molecule has 0 aliphatic heterocycles. The Morgan fingerprint density at radius 1 is 1.26 bits per heavy atom. The molecule has 0 bridgehead atoms. The molecule has 0 atom stereocenters. The molecular weight excluding hydrogens is 507 g/mol. The summed E-state index contributed by atoms with van der Waals surface area (Å²) in [6, 6.07) is 7.04. The van der Waals surface area contributed by atoms with E-state index in [0.29, 0.717) is 50.9 Å². The van der Waals surface area contributed by atoms with Gasteiger partial charge in [-0.2, -0.15) is 5.10 Å². The first kappa shape index (κ1) is 25.9. The molecule has 0 amide bonds. The average molecular weight is 537 g/mol. The van der Waals surface area contributed by atoms with Crippen molar-refractivity contribution in [3.05, 3.63) is 58.2 Å². The van der Waals surface area contributed by atoms with Crippen LogP contribution in [0.4, 0.5) is 17.1 Å². The van der Waals surface area contributed by atoms with E-state index in [2.05, 4.69) is 21.5 Å². The number of benzene rings is 2. The quantitative estimate of drug-likeness (QED) is 0.354. The third-order valence-corrected chi connectivity index (χ3v) is 9.57. The van der Waals surface area contributed by atoms with Crippen LogP contribution in [-0.4, -0.2) is 49.2 Å². The molecule has 2 aromatic carbocycles. The van der Waals surface area contributed by atoms with Gasteiger partial charge in [0.2, 0.25) is 10.0 Å². The van der Waals surface area contributed by atoms with E-state index in [1.54, 1.807) is 24.4 Å². The average Bonchev–Trinajstić information content (AvgIpc) is 3.54. The number of hydrogen-bond donors (Lipinski definition) is 2. The molecule has 0 unspecified atom stereocenters. The number of nitrogens with zero attached hydrogens (tertiary/aromatic N) is 3. The summed E-state index contributed by atoms with van der Waals surface area (Å²) in [7, 11) is 0.0325. The minimum atomic E-state index is -3.81. The lowest BCUT2D eigenvalue weighted by Crippen LogP contribution is -2.38. The zero-order chi connectivity index (χ0) is 25.8. The van der Waals surface area contributed by atoms with Gasteiger partial charge in [0.05, 0.1) is 30.6 Å². The highest BCUT2D eigenvalue weighted by Crippen LogP contribution is 2.51. The highest BCUT2D eigenvalue weighted by molar-refractivity contribution is 7.94. The number of aryl methyl sites for hydroxylation is 1. The molecular formula is C25H29Cl2N4O3S+. The van der Waals surface area contributed by atoms with Gasteiger partial charge < -0.3 is 5.11 Å². The first-order valence-electron chi connectivity index (χ1n) is 11.2. The van der Waals surface area contributed by atoms with E-state index in [9.17, 15) is 13.5 Å². The monoisotopic (exact) mass is 535 g/mol. The molecule has 0 spiro atoms. The summed E-state index contributed by atoms with van der Waals surface area (Å²) in [5.41, 5.74) is 4.65. The number of allylic oxidation sites excluding steroid dienone is 1. The summed E-state index contributed by atoms with van der Waals surface area (Å²) in [5.74, 6) is 0. The Morgan fingerprint density at radius 2 is 1.94 bits per heavy atom. The second-order valence-corrected chi connectivity index (χ2v) is 12.6. The summed E-state index contributed by atoms with van der Waals surface area (Å²) in [6.45, 7) is 7.76. The van der Waals surface area contributed by atoms with Crippen LogP contribution in [0.2, 0.25) is 10.0 Å². The number of nitrogens with one attached hydrogen (secondary N) is 1. The third-order valence-electron chi connectivity index (χ3n) is 6.79. The number of fused-ring (bicyclic) bond motifs is 1. The van der Waals surface area contributed by atoms with E-state index in [0.717, 1.165) is 16.6 Å². The second kappa shape index (κ2) is 9.01. The smallest absolute Gasteiger partial charge is 0.238 e. The van der Waals surface area contributed by atoms with E-state index in [1.807, 2.05) is 34.0 Å². The van der Waals surface area contributed by atoms with Crippen LogP contribution in [0.25, 0.3) is 16.5 Å². The molecule has 186 valence electrons. The van der Waals surface area contributed by atoms with Crippen molar-refractivity contribution >= 4 is 66.8 Å². The minimum Gasteiger partial charge on any atom is -0.396 e. The molecule has 1 aliphatic rings. The fourth-order valence-electron chi connectivity index (χ4n) is 4.68. The van der Waals surface area contributed by atoms with Crippen molar-refractivity contribution in [2.24, 2.45) is 0 Å². The van der Waals surface area contributed by atoms with Gasteiger partial charge in [-0.25, -0.2) is 8.42 Å². The van der Waals surface area contributed by atoms with Crippen molar-refractivity contribution in [3.63, 3.8) is 0 Å². The van der Waals surface area contributed by atoms with E-state index >= 15 is 0 Å². The van der Waals surface area contributed by atoms with Crippen molar-refractivity contribution in [2.75, 3.05) is 25.4 Å². The molecule has 1 fully saturated rings. The van der Waals surface area contributed by atoms with Gasteiger partial charge in [0.25, 0.3) is 0 Å². The van der Waals surface area contributed by atoms with E-state index < -0.39 is 14.8 Å². The molecule has 0 saturated heterocycles. The number of aliphatic hydroxyl groups excluding tert-OH is 1. The van der Waals surface area contributed by atoms with Crippen LogP contribution >= 0.6 is 23.2 Å². The standard InChI is InChI=1S/C25H29Cl2N4O3S/c1-15(2)22-23-18(16(3)14-28-29-23)13-20(30-35(33,34)25(8-9-25)10-11-32)24(22)31(4,5)21-7-6-17(26)12-19(21)27/h6-7,12-14,30,32H,1,8-11H2,2-5H3/q+1. The Balaban J connectivity index is 2.06. The summed E-state index contributed by atoms with van der Waals surface area (Å²) >= 11 is 12.8. The number of aromatic nitrogens is 2. The number of sulfonamides is 1. The maximum atomic E-state index is 13.6.